The predicted octanol–water partition coefficient (Wildman–Crippen LogP) is 16.4. The number of hydrogen-bond donors (Lipinski definition) is 0. The molecule has 280 valence electrons. The van der Waals surface area contributed by atoms with Crippen LogP contribution in [0.4, 0.5) is 0 Å². The molecule has 2 nitrogen and oxygen atoms in total. The van der Waals surface area contributed by atoms with Crippen molar-refractivity contribution in [3.63, 3.8) is 0 Å². The Kier molecular flexibility index (Phi) is 8.25. The molecule has 0 bridgehead atoms. The van der Waals surface area contributed by atoms with Crippen LogP contribution in [-0.4, -0.2) is 9.97 Å². The summed E-state index contributed by atoms with van der Waals surface area (Å²) in [7, 11) is 0. The Balaban J connectivity index is 1.18. The first-order valence-electron chi connectivity index (χ1n) is 20.2. The van der Waals surface area contributed by atoms with Crippen molar-refractivity contribution in [3.8, 4) is 67.3 Å². The highest BCUT2D eigenvalue weighted by Gasteiger charge is 2.23. The van der Waals surface area contributed by atoms with Crippen molar-refractivity contribution in [2.45, 2.75) is 0 Å². The molecule has 3 aromatic heterocycles. The smallest absolute Gasteiger partial charge is 0.161 e. The van der Waals surface area contributed by atoms with Gasteiger partial charge < -0.3 is 0 Å². The molecule has 9 aromatic carbocycles. The standard InChI is InChI=1S/C56H34N2S2/c1-3-16-35(17-4-1)39-33-32-36-18-7-8-21-38(36)53(39)46-28-15-29-47(52(46)37-19-5-2-6-20-37)56-57-48(44-26-13-24-42-40-22-9-11-30-50(40)59-54(42)44)34-49(58-56)45-27-14-25-43-41-23-10-12-31-51(41)60-55(43)45/h1-34H. The van der Waals surface area contributed by atoms with Crippen molar-refractivity contribution in [2.75, 3.05) is 0 Å². The molecule has 0 aliphatic rings. The summed E-state index contributed by atoms with van der Waals surface area (Å²) >= 11 is 3.67. The van der Waals surface area contributed by atoms with Crippen LogP contribution in [0.15, 0.2) is 206 Å². The summed E-state index contributed by atoms with van der Waals surface area (Å²) in [5.74, 6) is 0.695. The number of hydrogen-bond acceptors (Lipinski definition) is 4. The molecule has 0 N–H and O–H groups in total. The molecule has 3 heterocycles. The van der Waals surface area contributed by atoms with Crippen molar-refractivity contribution >= 4 is 73.8 Å². The maximum Gasteiger partial charge on any atom is 0.161 e. The van der Waals surface area contributed by atoms with Crippen molar-refractivity contribution in [2.24, 2.45) is 0 Å². The Morgan fingerprint density at radius 1 is 0.300 bits per heavy atom. The maximum absolute atomic E-state index is 5.61. The van der Waals surface area contributed by atoms with Crippen LogP contribution in [0.5, 0.6) is 0 Å². The first kappa shape index (κ1) is 34.8. The number of nitrogens with zero attached hydrogens (tertiary/aromatic N) is 2. The molecule has 4 heteroatoms. The highest BCUT2D eigenvalue weighted by molar-refractivity contribution is 7.26. The summed E-state index contributed by atoms with van der Waals surface area (Å²) < 4.78 is 5.00. The molecule has 0 radical (unpaired) electrons. The number of fused-ring (bicyclic) bond motifs is 7. The van der Waals surface area contributed by atoms with Gasteiger partial charge >= 0.3 is 0 Å². The van der Waals surface area contributed by atoms with Crippen LogP contribution in [0.2, 0.25) is 0 Å². The van der Waals surface area contributed by atoms with Crippen LogP contribution in [-0.2, 0) is 0 Å². The molecule has 0 atom stereocenters. The van der Waals surface area contributed by atoms with Crippen molar-refractivity contribution in [3.05, 3.63) is 206 Å². The summed E-state index contributed by atoms with van der Waals surface area (Å²) in [6, 6.07) is 74.4. The van der Waals surface area contributed by atoms with Crippen molar-refractivity contribution in [1.29, 1.82) is 0 Å². The van der Waals surface area contributed by atoms with Gasteiger partial charge in [-0.05, 0) is 56.8 Å². The van der Waals surface area contributed by atoms with E-state index in [9.17, 15) is 0 Å². The lowest BCUT2D eigenvalue weighted by atomic mass is 9.84. The molecule has 0 saturated carbocycles. The predicted molar refractivity (Wildman–Crippen MR) is 258 cm³/mol. The van der Waals surface area contributed by atoms with Crippen LogP contribution in [0.1, 0.15) is 0 Å². The molecule has 0 unspecified atom stereocenters. The van der Waals surface area contributed by atoms with Gasteiger partial charge in [0, 0.05) is 62.6 Å². The van der Waals surface area contributed by atoms with E-state index >= 15 is 0 Å². The van der Waals surface area contributed by atoms with E-state index in [2.05, 4.69) is 206 Å². The van der Waals surface area contributed by atoms with Crippen LogP contribution in [0.25, 0.3) is 118 Å². The lowest BCUT2D eigenvalue weighted by Crippen LogP contribution is -1.99. The molecule has 12 rings (SSSR count). The molecule has 0 saturated heterocycles. The van der Waals surface area contributed by atoms with E-state index < -0.39 is 0 Å². The average Bonchev–Trinajstić information content (AvgIpc) is 3.90. The minimum Gasteiger partial charge on any atom is -0.228 e. The summed E-state index contributed by atoms with van der Waals surface area (Å²) in [6.07, 6.45) is 0. The van der Waals surface area contributed by atoms with E-state index in [1.807, 2.05) is 22.7 Å². The number of thiophene rings is 2. The highest BCUT2D eigenvalue weighted by Crippen LogP contribution is 2.48. The third-order valence-electron chi connectivity index (χ3n) is 11.7. The lowest BCUT2D eigenvalue weighted by Gasteiger charge is -2.20. The SMILES string of the molecule is c1ccc(-c2ccc3ccccc3c2-c2cccc(-c3nc(-c4cccc5c4sc4ccccc45)cc(-c4cccc5c4sc4ccccc45)n3)c2-c2ccccc2)cc1. The molecule has 12 aromatic rings. The second-order valence-corrected chi connectivity index (χ2v) is 17.3. The Morgan fingerprint density at radius 2 is 0.783 bits per heavy atom. The van der Waals surface area contributed by atoms with Gasteiger partial charge in [-0.2, -0.15) is 0 Å². The molecule has 0 amide bonds. The third kappa shape index (κ3) is 5.68. The topological polar surface area (TPSA) is 25.8 Å². The van der Waals surface area contributed by atoms with Gasteiger partial charge in [-0.15, -0.1) is 22.7 Å². The molecular formula is C56H34N2S2. The van der Waals surface area contributed by atoms with Crippen LogP contribution in [0.3, 0.4) is 0 Å². The van der Waals surface area contributed by atoms with Gasteiger partial charge in [-0.25, -0.2) is 9.97 Å². The number of rotatable bonds is 6. The molecular weight excluding hydrogens is 765 g/mol. The molecule has 0 spiro atoms. The van der Waals surface area contributed by atoms with Gasteiger partial charge in [-0.1, -0.05) is 188 Å². The monoisotopic (exact) mass is 798 g/mol. The van der Waals surface area contributed by atoms with Gasteiger partial charge in [0.15, 0.2) is 5.82 Å². The fourth-order valence-corrected chi connectivity index (χ4v) is 11.5. The zero-order chi connectivity index (χ0) is 39.6. The summed E-state index contributed by atoms with van der Waals surface area (Å²) in [5.41, 5.74) is 11.9. The van der Waals surface area contributed by atoms with Gasteiger partial charge in [0.1, 0.15) is 0 Å². The molecule has 0 aliphatic heterocycles. The van der Waals surface area contributed by atoms with E-state index in [0.717, 1.165) is 44.8 Å². The minimum absolute atomic E-state index is 0.695. The van der Waals surface area contributed by atoms with E-state index in [4.69, 9.17) is 9.97 Å². The Bertz CT molecular complexity index is 3470. The second kappa shape index (κ2) is 14.2. The fraction of sp³-hybridized carbons (Fsp3) is 0. The first-order valence-corrected chi connectivity index (χ1v) is 21.9. The minimum atomic E-state index is 0.695. The largest absolute Gasteiger partial charge is 0.228 e. The van der Waals surface area contributed by atoms with Gasteiger partial charge in [0.25, 0.3) is 0 Å². The first-order chi connectivity index (χ1) is 29.8. The second-order valence-electron chi connectivity index (χ2n) is 15.2. The zero-order valence-corrected chi connectivity index (χ0v) is 34.0. The Labute approximate surface area is 355 Å². The number of aromatic nitrogens is 2. The van der Waals surface area contributed by atoms with Crippen molar-refractivity contribution in [1.82, 2.24) is 9.97 Å². The van der Waals surface area contributed by atoms with Crippen molar-refractivity contribution < 1.29 is 0 Å². The third-order valence-corrected chi connectivity index (χ3v) is 14.2. The van der Waals surface area contributed by atoms with Crippen LogP contribution < -0.4 is 0 Å². The molecule has 0 aliphatic carbocycles. The molecule has 0 fully saturated rings. The van der Waals surface area contributed by atoms with E-state index in [1.165, 1.54) is 67.8 Å². The average molecular weight is 799 g/mol. The van der Waals surface area contributed by atoms with E-state index in [0.29, 0.717) is 5.82 Å². The normalized spacial score (nSPS) is 11.7. The van der Waals surface area contributed by atoms with Crippen LogP contribution in [0, 0.1) is 0 Å². The Morgan fingerprint density at radius 3 is 1.42 bits per heavy atom. The van der Waals surface area contributed by atoms with Crippen LogP contribution >= 0.6 is 22.7 Å². The highest BCUT2D eigenvalue weighted by atomic mass is 32.1. The summed E-state index contributed by atoms with van der Waals surface area (Å²) in [5, 5.41) is 7.44. The molecule has 60 heavy (non-hydrogen) atoms. The summed E-state index contributed by atoms with van der Waals surface area (Å²) in [4.78, 5) is 11.2. The lowest BCUT2D eigenvalue weighted by molar-refractivity contribution is 1.19. The zero-order valence-electron chi connectivity index (χ0n) is 32.3. The van der Waals surface area contributed by atoms with Gasteiger partial charge in [-0.3, -0.25) is 0 Å². The van der Waals surface area contributed by atoms with Gasteiger partial charge in [0.05, 0.1) is 11.4 Å². The van der Waals surface area contributed by atoms with Gasteiger partial charge in [0.2, 0.25) is 0 Å². The van der Waals surface area contributed by atoms with E-state index in [1.54, 1.807) is 0 Å². The Hall–Kier alpha value is -7.24. The number of benzene rings is 9. The fourth-order valence-electron chi connectivity index (χ4n) is 9.02. The maximum atomic E-state index is 5.61. The summed E-state index contributed by atoms with van der Waals surface area (Å²) in [6.45, 7) is 0. The van der Waals surface area contributed by atoms with E-state index in [-0.39, 0.29) is 0 Å². The quantitative estimate of drug-likeness (QED) is 0.167.